The summed E-state index contributed by atoms with van der Waals surface area (Å²) in [6.45, 7) is 0. The molecule has 0 saturated carbocycles. The van der Waals surface area contributed by atoms with Crippen LogP contribution < -0.4 is 0 Å². The third kappa shape index (κ3) is 3.28. The minimum atomic E-state index is -3.43. The van der Waals surface area contributed by atoms with Crippen LogP contribution in [0.25, 0.3) is 22.2 Å². The lowest BCUT2D eigenvalue weighted by Gasteiger charge is -2.03. The molecule has 0 amide bonds. The van der Waals surface area contributed by atoms with Crippen LogP contribution in [0.3, 0.4) is 0 Å². The molecule has 0 aliphatic heterocycles. The fourth-order valence-corrected chi connectivity index (χ4v) is 3.26. The van der Waals surface area contributed by atoms with Crippen LogP contribution in [-0.2, 0) is 9.84 Å². The molecule has 0 unspecified atom stereocenters. The number of pyridine rings is 1. The first-order chi connectivity index (χ1) is 10.8. The molecule has 0 spiro atoms. The smallest absolute Gasteiger partial charge is 0.194 e. The Kier molecular flexibility index (Phi) is 3.95. The van der Waals surface area contributed by atoms with Crippen molar-refractivity contribution in [2.75, 3.05) is 12.0 Å². The second-order valence-corrected chi connectivity index (χ2v) is 7.85. The maximum absolute atomic E-state index is 12.4. The first-order valence-electron chi connectivity index (χ1n) is 6.79. The van der Waals surface area contributed by atoms with E-state index in [2.05, 4.69) is 9.97 Å². The van der Waals surface area contributed by atoms with Gasteiger partial charge < -0.3 is 4.98 Å². The van der Waals surface area contributed by atoms with E-state index in [0.29, 0.717) is 21.8 Å². The molecule has 3 rings (SSSR count). The van der Waals surface area contributed by atoms with Gasteiger partial charge in [-0.2, -0.15) is 0 Å². The Balaban J connectivity index is 2.26. The predicted octanol–water partition coefficient (Wildman–Crippen LogP) is 3.11. The van der Waals surface area contributed by atoms with E-state index < -0.39 is 21.4 Å². The van der Waals surface area contributed by atoms with Gasteiger partial charge in [0.2, 0.25) is 0 Å². The zero-order chi connectivity index (χ0) is 16.6. The highest BCUT2D eigenvalue weighted by atomic mass is 35.5. The molecule has 0 atom stereocenters. The van der Waals surface area contributed by atoms with Crippen molar-refractivity contribution < 1.29 is 13.2 Å². The van der Waals surface area contributed by atoms with Gasteiger partial charge in [0.1, 0.15) is 5.75 Å². The van der Waals surface area contributed by atoms with Crippen molar-refractivity contribution in [3.8, 4) is 11.3 Å². The van der Waals surface area contributed by atoms with Crippen LogP contribution in [0.15, 0.2) is 42.6 Å². The maximum Gasteiger partial charge on any atom is 0.194 e. The van der Waals surface area contributed by atoms with Gasteiger partial charge in [0.25, 0.3) is 0 Å². The number of aromatic nitrogens is 2. The minimum absolute atomic E-state index is 0.228. The molecule has 0 aliphatic rings. The Morgan fingerprint density at radius 3 is 2.70 bits per heavy atom. The van der Waals surface area contributed by atoms with E-state index in [1.807, 2.05) is 6.07 Å². The number of halogens is 1. The summed E-state index contributed by atoms with van der Waals surface area (Å²) in [6.07, 6.45) is 2.65. The van der Waals surface area contributed by atoms with Crippen LogP contribution in [0.2, 0.25) is 5.02 Å². The summed E-state index contributed by atoms with van der Waals surface area (Å²) in [7, 11) is -3.43. The van der Waals surface area contributed by atoms with Crippen LogP contribution in [0.1, 0.15) is 10.5 Å². The molecule has 5 nitrogen and oxygen atoms in total. The zero-order valence-corrected chi connectivity index (χ0v) is 13.8. The number of fused-ring (bicyclic) bond motifs is 1. The first-order valence-corrected chi connectivity index (χ1v) is 9.22. The van der Waals surface area contributed by atoms with E-state index in [1.54, 1.807) is 36.5 Å². The van der Waals surface area contributed by atoms with Crippen molar-refractivity contribution in [1.82, 2.24) is 9.97 Å². The van der Waals surface area contributed by atoms with Gasteiger partial charge in [-0.25, -0.2) is 8.42 Å². The molecule has 2 aromatic heterocycles. The lowest BCUT2D eigenvalue weighted by Crippen LogP contribution is -2.15. The van der Waals surface area contributed by atoms with Crippen molar-refractivity contribution in [2.45, 2.75) is 0 Å². The minimum Gasteiger partial charge on any atom is -0.351 e. The van der Waals surface area contributed by atoms with Crippen molar-refractivity contribution in [3.05, 3.63) is 53.3 Å². The van der Waals surface area contributed by atoms with Gasteiger partial charge in [0, 0.05) is 33.9 Å². The molecule has 1 aromatic carbocycles. The third-order valence-corrected chi connectivity index (χ3v) is 4.38. The number of benzene rings is 1. The Bertz CT molecular complexity index is 995. The topological polar surface area (TPSA) is 79.9 Å². The average molecular weight is 349 g/mol. The summed E-state index contributed by atoms with van der Waals surface area (Å²) in [5, 5.41) is 1.29. The maximum atomic E-state index is 12.4. The van der Waals surface area contributed by atoms with Crippen LogP contribution in [-0.4, -0.2) is 36.2 Å². The Morgan fingerprint density at radius 1 is 1.26 bits per heavy atom. The molecule has 118 valence electrons. The molecular weight excluding hydrogens is 336 g/mol. The number of hydrogen-bond donors (Lipinski definition) is 1. The highest BCUT2D eigenvalue weighted by Gasteiger charge is 2.22. The number of rotatable bonds is 4. The van der Waals surface area contributed by atoms with Crippen molar-refractivity contribution in [1.29, 1.82) is 0 Å². The monoisotopic (exact) mass is 348 g/mol. The lowest BCUT2D eigenvalue weighted by atomic mass is 10.1. The molecule has 0 saturated heterocycles. The quantitative estimate of drug-likeness (QED) is 0.735. The molecule has 23 heavy (non-hydrogen) atoms. The van der Waals surface area contributed by atoms with E-state index >= 15 is 0 Å². The first kappa shape index (κ1) is 15.7. The van der Waals surface area contributed by atoms with Gasteiger partial charge in [0.15, 0.2) is 15.6 Å². The molecular formula is C16H13ClN2O3S. The standard InChI is InChI=1S/C16H13ClN2O3S/c1-23(21,22)9-14(20)16-15(12-4-2-3-7-18-12)11-6-5-10(17)8-13(11)19-16/h2-8,19H,9H2,1H3. The van der Waals surface area contributed by atoms with Gasteiger partial charge in [-0.3, -0.25) is 9.78 Å². The SMILES string of the molecule is CS(=O)(=O)CC(=O)c1[nH]c2cc(Cl)ccc2c1-c1ccccn1. The van der Waals surface area contributed by atoms with Gasteiger partial charge >= 0.3 is 0 Å². The van der Waals surface area contributed by atoms with Crippen molar-refractivity contribution in [2.24, 2.45) is 0 Å². The second-order valence-electron chi connectivity index (χ2n) is 5.27. The third-order valence-electron chi connectivity index (χ3n) is 3.35. The molecule has 0 aliphatic carbocycles. The molecule has 2 heterocycles. The van der Waals surface area contributed by atoms with Crippen molar-refractivity contribution in [3.63, 3.8) is 0 Å². The number of sulfone groups is 1. The number of nitrogens with zero attached hydrogens (tertiary/aromatic N) is 1. The number of H-pyrrole nitrogens is 1. The Hall–Kier alpha value is -2.18. The number of aromatic amines is 1. The average Bonchev–Trinajstić information content (AvgIpc) is 2.85. The van der Waals surface area contributed by atoms with E-state index in [9.17, 15) is 13.2 Å². The second kappa shape index (κ2) is 5.79. The number of ketones is 1. The van der Waals surface area contributed by atoms with Crippen LogP contribution in [0, 0.1) is 0 Å². The summed E-state index contributed by atoms with van der Waals surface area (Å²) >= 11 is 6.00. The number of Topliss-reactive ketones (excluding diaryl/α,β-unsaturated/α-hetero) is 1. The van der Waals surface area contributed by atoms with Gasteiger partial charge in [-0.05, 0) is 24.3 Å². The van der Waals surface area contributed by atoms with E-state index in [0.717, 1.165) is 11.6 Å². The number of nitrogens with one attached hydrogen (secondary N) is 1. The number of carbonyl (C=O) groups excluding carboxylic acids is 1. The summed E-state index contributed by atoms with van der Waals surface area (Å²) in [6, 6.07) is 10.6. The molecule has 3 aromatic rings. The van der Waals surface area contributed by atoms with Crippen LogP contribution in [0.5, 0.6) is 0 Å². The summed E-state index contributed by atoms with van der Waals surface area (Å²) in [5.41, 5.74) is 2.07. The summed E-state index contributed by atoms with van der Waals surface area (Å²) in [4.78, 5) is 19.7. The Morgan fingerprint density at radius 2 is 2.04 bits per heavy atom. The van der Waals surface area contributed by atoms with E-state index in [-0.39, 0.29) is 5.69 Å². The largest absolute Gasteiger partial charge is 0.351 e. The van der Waals surface area contributed by atoms with E-state index in [1.165, 1.54) is 0 Å². The van der Waals surface area contributed by atoms with Crippen LogP contribution >= 0.6 is 11.6 Å². The summed E-state index contributed by atoms with van der Waals surface area (Å²) < 4.78 is 22.9. The van der Waals surface area contributed by atoms with Crippen LogP contribution in [0.4, 0.5) is 0 Å². The molecule has 0 fully saturated rings. The van der Waals surface area contributed by atoms with Gasteiger partial charge in [-0.15, -0.1) is 0 Å². The fraction of sp³-hybridized carbons (Fsp3) is 0.125. The van der Waals surface area contributed by atoms with Gasteiger partial charge in [0.05, 0.1) is 11.4 Å². The fourth-order valence-electron chi connectivity index (χ4n) is 2.47. The molecule has 1 N–H and O–H groups in total. The zero-order valence-electron chi connectivity index (χ0n) is 12.2. The number of carbonyl (C=O) groups is 1. The molecule has 0 bridgehead atoms. The highest BCUT2D eigenvalue weighted by Crippen LogP contribution is 2.33. The molecule has 0 radical (unpaired) electrons. The summed E-state index contributed by atoms with van der Waals surface area (Å²) in [5.74, 6) is -1.06. The molecule has 7 heteroatoms. The normalized spacial score (nSPS) is 11.7. The lowest BCUT2D eigenvalue weighted by molar-refractivity contribution is 0.101. The Labute approximate surface area is 138 Å². The number of hydrogen-bond acceptors (Lipinski definition) is 4. The predicted molar refractivity (Wildman–Crippen MR) is 90.6 cm³/mol. The van der Waals surface area contributed by atoms with E-state index in [4.69, 9.17) is 11.6 Å². The highest BCUT2D eigenvalue weighted by molar-refractivity contribution is 7.91. The van der Waals surface area contributed by atoms with Crippen molar-refractivity contribution >= 4 is 38.1 Å². The van der Waals surface area contributed by atoms with Gasteiger partial charge in [-0.1, -0.05) is 23.7 Å².